The molecular formula is C12H13N3O3. The van der Waals surface area contributed by atoms with Gasteiger partial charge in [0.25, 0.3) is 5.91 Å². The lowest BCUT2D eigenvalue weighted by Gasteiger charge is -2.08. The highest BCUT2D eigenvalue weighted by molar-refractivity contribution is 5.98. The van der Waals surface area contributed by atoms with Gasteiger partial charge < -0.3 is 21.1 Å². The first kappa shape index (κ1) is 12.1. The van der Waals surface area contributed by atoms with Crippen LogP contribution in [0.2, 0.25) is 0 Å². The van der Waals surface area contributed by atoms with Crippen molar-refractivity contribution in [2.24, 2.45) is 5.73 Å². The number of H-pyrrole nitrogens is 1. The van der Waals surface area contributed by atoms with E-state index in [0.29, 0.717) is 5.56 Å². The van der Waals surface area contributed by atoms with E-state index in [2.05, 4.69) is 10.3 Å². The molecule has 0 aliphatic carbocycles. The number of amides is 2. The number of carbonyl (C=O) groups excluding carboxylic acids is 2. The Labute approximate surface area is 103 Å². The molecule has 6 heteroatoms. The summed E-state index contributed by atoms with van der Waals surface area (Å²) < 4.78 is 0. The van der Waals surface area contributed by atoms with Crippen LogP contribution in [-0.2, 0) is 4.79 Å². The average Bonchev–Trinajstić information content (AvgIpc) is 2.82. The number of nitrogens with two attached hydrogens (primary N) is 1. The van der Waals surface area contributed by atoms with Crippen molar-refractivity contribution in [3.05, 3.63) is 36.0 Å². The Bertz CT molecular complexity index is 591. The molecule has 1 heterocycles. The number of hydrogen-bond donors (Lipinski definition) is 4. The number of rotatable bonds is 4. The second-order valence-electron chi connectivity index (χ2n) is 3.91. The molecule has 1 atom stereocenters. The van der Waals surface area contributed by atoms with E-state index in [1.807, 2.05) is 6.07 Å². The zero-order valence-corrected chi connectivity index (χ0v) is 9.51. The summed E-state index contributed by atoms with van der Waals surface area (Å²) in [4.78, 5) is 25.4. The smallest absolute Gasteiger partial charge is 0.251 e. The van der Waals surface area contributed by atoms with E-state index >= 15 is 0 Å². The van der Waals surface area contributed by atoms with Crippen LogP contribution in [0.25, 0.3) is 10.9 Å². The van der Waals surface area contributed by atoms with Crippen molar-refractivity contribution in [2.75, 3.05) is 6.54 Å². The summed E-state index contributed by atoms with van der Waals surface area (Å²) in [5.74, 6) is -1.23. The third-order valence-corrected chi connectivity index (χ3v) is 2.60. The number of carbonyl (C=O) groups is 2. The van der Waals surface area contributed by atoms with Crippen molar-refractivity contribution in [3.8, 4) is 0 Å². The largest absolute Gasteiger partial charge is 0.381 e. The van der Waals surface area contributed by atoms with Gasteiger partial charge >= 0.3 is 0 Å². The molecule has 2 rings (SSSR count). The maximum atomic E-state index is 11.8. The van der Waals surface area contributed by atoms with E-state index in [9.17, 15) is 9.59 Å². The molecular weight excluding hydrogens is 234 g/mol. The van der Waals surface area contributed by atoms with Crippen LogP contribution in [0.15, 0.2) is 30.5 Å². The number of aromatic nitrogens is 1. The number of aromatic amines is 1. The van der Waals surface area contributed by atoms with Crippen LogP contribution in [0, 0.1) is 0 Å². The molecule has 0 aliphatic heterocycles. The lowest BCUT2D eigenvalue weighted by molar-refractivity contribution is -0.125. The van der Waals surface area contributed by atoms with E-state index in [4.69, 9.17) is 10.8 Å². The fourth-order valence-corrected chi connectivity index (χ4v) is 1.59. The second kappa shape index (κ2) is 4.89. The van der Waals surface area contributed by atoms with Gasteiger partial charge in [-0.2, -0.15) is 0 Å². The second-order valence-corrected chi connectivity index (χ2v) is 3.91. The van der Waals surface area contributed by atoms with E-state index in [1.54, 1.807) is 24.4 Å². The first-order valence-corrected chi connectivity index (χ1v) is 5.40. The van der Waals surface area contributed by atoms with Crippen LogP contribution in [-0.4, -0.2) is 34.6 Å². The van der Waals surface area contributed by atoms with Crippen LogP contribution in [0.1, 0.15) is 10.4 Å². The number of hydrogen-bond acceptors (Lipinski definition) is 3. The van der Waals surface area contributed by atoms with Crippen LogP contribution < -0.4 is 11.1 Å². The van der Waals surface area contributed by atoms with Crippen LogP contribution in [0.5, 0.6) is 0 Å². The number of benzene rings is 1. The number of primary amides is 1. The van der Waals surface area contributed by atoms with Gasteiger partial charge in [0.15, 0.2) is 0 Å². The van der Waals surface area contributed by atoms with Crippen LogP contribution >= 0.6 is 0 Å². The standard InChI is InChI=1S/C12H13N3O3/c13-11(17)10(16)6-15-12(18)8-1-2-9-7(5-8)3-4-14-9/h1-5,10,14,16H,6H2,(H2,13,17)(H,15,18). The van der Waals surface area contributed by atoms with Crippen molar-refractivity contribution in [2.45, 2.75) is 6.10 Å². The summed E-state index contributed by atoms with van der Waals surface area (Å²) in [6.45, 7) is -0.195. The lowest BCUT2D eigenvalue weighted by atomic mass is 10.1. The molecule has 0 spiro atoms. The number of aliphatic hydroxyl groups is 1. The fraction of sp³-hybridized carbons (Fsp3) is 0.167. The average molecular weight is 247 g/mol. The van der Waals surface area contributed by atoms with Gasteiger partial charge in [0.05, 0.1) is 6.54 Å². The molecule has 0 saturated heterocycles. The van der Waals surface area contributed by atoms with Gasteiger partial charge in [-0.15, -0.1) is 0 Å². The van der Waals surface area contributed by atoms with Crippen molar-refractivity contribution in [1.29, 1.82) is 0 Å². The molecule has 0 bridgehead atoms. The Morgan fingerprint density at radius 1 is 1.39 bits per heavy atom. The summed E-state index contributed by atoms with van der Waals surface area (Å²) in [6.07, 6.45) is 0.411. The van der Waals surface area contributed by atoms with Gasteiger partial charge in [0.2, 0.25) is 5.91 Å². The zero-order valence-electron chi connectivity index (χ0n) is 9.51. The molecule has 1 aromatic carbocycles. The molecule has 18 heavy (non-hydrogen) atoms. The minimum Gasteiger partial charge on any atom is -0.381 e. The Hall–Kier alpha value is -2.34. The van der Waals surface area contributed by atoms with Gasteiger partial charge in [0.1, 0.15) is 6.10 Å². The molecule has 5 N–H and O–H groups in total. The summed E-state index contributed by atoms with van der Waals surface area (Å²) in [6, 6.07) is 7.02. The van der Waals surface area contributed by atoms with Crippen LogP contribution in [0.3, 0.4) is 0 Å². The molecule has 1 unspecified atom stereocenters. The molecule has 0 fully saturated rings. The minimum atomic E-state index is -1.37. The van der Waals surface area contributed by atoms with Crippen molar-refractivity contribution >= 4 is 22.7 Å². The topological polar surface area (TPSA) is 108 Å². The highest BCUT2D eigenvalue weighted by Crippen LogP contribution is 2.14. The molecule has 0 saturated carbocycles. The van der Waals surface area contributed by atoms with E-state index in [-0.39, 0.29) is 12.5 Å². The van der Waals surface area contributed by atoms with Gasteiger partial charge in [-0.25, -0.2) is 0 Å². The first-order valence-electron chi connectivity index (χ1n) is 5.40. The molecule has 2 aromatic rings. The predicted molar refractivity (Wildman–Crippen MR) is 65.8 cm³/mol. The quantitative estimate of drug-likeness (QED) is 0.598. The van der Waals surface area contributed by atoms with Gasteiger partial charge in [0, 0.05) is 22.7 Å². The van der Waals surface area contributed by atoms with Gasteiger partial charge in [-0.3, -0.25) is 9.59 Å². The highest BCUT2D eigenvalue weighted by atomic mass is 16.3. The monoisotopic (exact) mass is 247 g/mol. The molecule has 1 aromatic heterocycles. The fourth-order valence-electron chi connectivity index (χ4n) is 1.59. The molecule has 6 nitrogen and oxygen atoms in total. The maximum absolute atomic E-state index is 11.8. The highest BCUT2D eigenvalue weighted by Gasteiger charge is 2.13. The lowest BCUT2D eigenvalue weighted by Crippen LogP contribution is -2.39. The van der Waals surface area contributed by atoms with E-state index < -0.39 is 12.0 Å². The molecule has 2 amide bonds. The van der Waals surface area contributed by atoms with Crippen molar-refractivity contribution in [3.63, 3.8) is 0 Å². The van der Waals surface area contributed by atoms with Crippen molar-refractivity contribution < 1.29 is 14.7 Å². The summed E-state index contributed by atoms with van der Waals surface area (Å²) in [5.41, 5.74) is 6.27. The normalized spacial score (nSPS) is 12.3. The Balaban J connectivity index is 2.06. The molecule has 0 aliphatic rings. The maximum Gasteiger partial charge on any atom is 0.251 e. The van der Waals surface area contributed by atoms with E-state index in [1.165, 1.54) is 0 Å². The Kier molecular flexibility index (Phi) is 3.29. The van der Waals surface area contributed by atoms with Crippen molar-refractivity contribution in [1.82, 2.24) is 10.3 Å². The minimum absolute atomic E-state index is 0.195. The number of nitrogens with one attached hydrogen (secondary N) is 2. The summed E-state index contributed by atoms with van der Waals surface area (Å²) in [7, 11) is 0. The number of aliphatic hydroxyl groups excluding tert-OH is 1. The Morgan fingerprint density at radius 3 is 2.89 bits per heavy atom. The summed E-state index contributed by atoms with van der Waals surface area (Å²) in [5, 5.41) is 12.5. The third-order valence-electron chi connectivity index (χ3n) is 2.60. The first-order chi connectivity index (χ1) is 8.58. The number of fused-ring (bicyclic) bond motifs is 1. The van der Waals surface area contributed by atoms with Crippen LogP contribution in [0.4, 0.5) is 0 Å². The van der Waals surface area contributed by atoms with Gasteiger partial charge in [-0.1, -0.05) is 0 Å². The predicted octanol–water partition coefficient (Wildman–Crippen LogP) is -0.256. The van der Waals surface area contributed by atoms with Gasteiger partial charge in [-0.05, 0) is 24.3 Å². The zero-order chi connectivity index (χ0) is 13.1. The SMILES string of the molecule is NC(=O)C(O)CNC(=O)c1ccc2[nH]ccc2c1. The summed E-state index contributed by atoms with van der Waals surface area (Å²) >= 11 is 0. The third kappa shape index (κ3) is 2.49. The van der Waals surface area contributed by atoms with E-state index in [0.717, 1.165) is 10.9 Å². The Morgan fingerprint density at radius 2 is 2.17 bits per heavy atom. The molecule has 94 valence electrons. The molecule has 0 radical (unpaired) electrons.